The Morgan fingerprint density at radius 1 is 0.155 bits per heavy atom. The van der Waals surface area contributed by atoms with Gasteiger partial charge in [0.2, 0.25) is 0 Å². The lowest BCUT2D eigenvalue weighted by atomic mass is 9.77. The first-order chi connectivity index (χ1) is 44.3. The van der Waals surface area contributed by atoms with Gasteiger partial charge in [-0.2, -0.15) is 0 Å². The zero-order valence-corrected chi connectivity index (χ0v) is 75.2. The number of aliphatic hydroxyl groups excluding tert-OH is 6. The molecule has 0 aromatic heterocycles. The van der Waals surface area contributed by atoms with Gasteiger partial charge in [0.1, 0.15) is 24.4 Å². The fourth-order valence-electron chi connectivity index (χ4n) is 13.1. The van der Waals surface area contributed by atoms with Gasteiger partial charge >= 0.3 is 0 Å². The zero-order chi connectivity index (χ0) is 77.8. The second kappa shape index (κ2) is 68.8. The average Bonchev–Trinajstić information content (AvgIpc) is 1.93. The van der Waals surface area contributed by atoms with Crippen LogP contribution >= 0.6 is 0 Å². The predicted octanol–water partition coefficient (Wildman–Crippen LogP) is 27.0. The third-order valence-corrected chi connectivity index (χ3v) is 28.9. The Kier molecular flexibility index (Phi) is 81.7. The van der Waals surface area contributed by atoms with E-state index in [1.807, 2.05) is 0 Å². The van der Waals surface area contributed by atoms with Crippen LogP contribution in [0.25, 0.3) is 0 Å². The fourth-order valence-corrected chi connectivity index (χ4v) is 13.1. The van der Waals surface area contributed by atoms with Crippen molar-refractivity contribution in [3.8, 4) is 0 Å². The summed E-state index contributed by atoms with van der Waals surface area (Å²) < 4.78 is 0. The SMILES string of the molecule is CCC(C)C(C)C(C)C(C)CC.CCC(C)C(C)C(C)C(C)CC.CCC(C)C(C)C(C)C(C)CC.CCC(C)C(C)C(C)C(C)CC.CCC(C)C(C)C(C)C(C)CC.CCC(C)C(C)C(C)C(C)CC.CCC(C)C(C)C(C)C(C)CC.N.OCC(O)C(O)C(O)C(O)CO. The van der Waals surface area contributed by atoms with Crippen LogP contribution in [0.15, 0.2) is 0 Å². The molecule has 0 radical (unpaired) electrons. The van der Waals surface area contributed by atoms with Crippen LogP contribution in [0, 0.1) is 166 Å². The van der Waals surface area contributed by atoms with Gasteiger partial charge in [-0.25, -0.2) is 0 Å². The maximum absolute atomic E-state index is 8.96. The van der Waals surface area contributed by atoms with E-state index in [-0.39, 0.29) is 6.15 Å². The lowest BCUT2D eigenvalue weighted by molar-refractivity contribution is -0.123. The number of hydrogen-bond donors (Lipinski definition) is 7. The molecule has 32 unspecified atom stereocenters. The number of hydrogen-bond acceptors (Lipinski definition) is 7. The van der Waals surface area contributed by atoms with Gasteiger partial charge in [0.25, 0.3) is 0 Å². The molecular formula is C90H199NO6. The normalized spacial score (nSPS) is 21.3. The third kappa shape index (κ3) is 51.5. The molecule has 7 heteroatoms. The topological polar surface area (TPSA) is 156 Å². The largest absolute Gasteiger partial charge is 0.394 e. The van der Waals surface area contributed by atoms with Gasteiger partial charge in [-0.15, -0.1) is 0 Å². The van der Waals surface area contributed by atoms with Gasteiger partial charge in [-0.1, -0.05) is 381 Å². The number of aliphatic hydroxyl groups is 6. The highest BCUT2D eigenvalue weighted by atomic mass is 16.4. The van der Waals surface area contributed by atoms with Crippen molar-refractivity contribution in [2.24, 2.45) is 166 Å². The van der Waals surface area contributed by atoms with Crippen LogP contribution in [0.5, 0.6) is 0 Å². The Bertz CT molecular complexity index is 1120. The van der Waals surface area contributed by atoms with Crippen LogP contribution in [-0.4, -0.2) is 68.3 Å². The predicted molar refractivity (Wildman–Crippen MR) is 444 cm³/mol. The highest BCUT2D eigenvalue weighted by molar-refractivity contribution is 4.81. The van der Waals surface area contributed by atoms with Crippen molar-refractivity contribution in [1.29, 1.82) is 0 Å². The molecule has 0 saturated carbocycles. The van der Waals surface area contributed by atoms with E-state index in [2.05, 4.69) is 291 Å². The van der Waals surface area contributed by atoms with E-state index in [0.29, 0.717) is 0 Å². The molecule has 600 valence electrons. The van der Waals surface area contributed by atoms with Gasteiger partial charge in [0.15, 0.2) is 0 Å². The quantitative estimate of drug-likeness (QED) is 0.0322. The van der Waals surface area contributed by atoms with Gasteiger partial charge < -0.3 is 36.8 Å². The molecule has 0 spiro atoms. The van der Waals surface area contributed by atoms with Gasteiger partial charge in [-0.3, -0.25) is 0 Å². The first-order valence-corrected chi connectivity index (χ1v) is 42.3. The number of rotatable bonds is 40. The van der Waals surface area contributed by atoms with Crippen LogP contribution in [-0.2, 0) is 0 Å². The van der Waals surface area contributed by atoms with Crippen molar-refractivity contribution in [3.05, 3.63) is 0 Å². The van der Waals surface area contributed by atoms with Crippen molar-refractivity contribution in [2.75, 3.05) is 13.2 Å². The lowest BCUT2D eigenvalue weighted by Gasteiger charge is -2.29. The monoisotopic (exact) mass is 1390 g/mol. The average molecular weight is 1390 g/mol. The van der Waals surface area contributed by atoms with E-state index in [0.717, 1.165) is 166 Å². The van der Waals surface area contributed by atoms with Crippen molar-refractivity contribution < 1.29 is 30.6 Å². The van der Waals surface area contributed by atoms with Crippen molar-refractivity contribution in [3.63, 3.8) is 0 Å². The highest BCUT2D eigenvalue weighted by Gasteiger charge is 2.30. The second-order valence-electron chi connectivity index (χ2n) is 33.9. The fraction of sp³-hybridized carbons (Fsp3) is 1.00. The Hall–Kier alpha value is -0.280. The molecule has 0 saturated heterocycles. The van der Waals surface area contributed by atoms with Crippen LogP contribution < -0.4 is 6.15 Å². The summed E-state index contributed by atoms with van der Waals surface area (Å²) in [6.07, 6.45) is 12.1. The van der Waals surface area contributed by atoms with Crippen molar-refractivity contribution >= 4 is 0 Å². The molecule has 0 heterocycles. The molecule has 97 heavy (non-hydrogen) atoms. The van der Waals surface area contributed by atoms with Crippen LogP contribution in [0.1, 0.15) is 381 Å². The summed E-state index contributed by atoms with van der Waals surface area (Å²) in [5.74, 6) is 24.7. The first-order valence-electron chi connectivity index (χ1n) is 42.3. The molecule has 32 atom stereocenters. The molecule has 7 nitrogen and oxygen atoms in total. The molecule has 0 bridgehead atoms. The van der Waals surface area contributed by atoms with E-state index >= 15 is 0 Å². The molecule has 0 aromatic carbocycles. The minimum absolute atomic E-state index is 0. The molecule has 0 fully saturated rings. The van der Waals surface area contributed by atoms with Crippen molar-refractivity contribution in [2.45, 2.75) is 405 Å². The molecule has 0 aromatic rings. The Morgan fingerprint density at radius 2 is 0.216 bits per heavy atom. The second-order valence-corrected chi connectivity index (χ2v) is 33.9. The Morgan fingerprint density at radius 3 is 0.258 bits per heavy atom. The smallest absolute Gasteiger partial charge is 0.111 e. The summed E-state index contributed by atoms with van der Waals surface area (Å²) >= 11 is 0. The highest BCUT2D eigenvalue weighted by Crippen LogP contribution is 2.35. The minimum atomic E-state index is -1.67. The van der Waals surface area contributed by atoms with E-state index in [1.165, 1.54) is 89.9 Å². The van der Waals surface area contributed by atoms with Gasteiger partial charge in [0, 0.05) is 0 Å². The summed E-state index contributed by atoms with van der Waals surface area (Å²) in [4.78, 5) is 0. The Labute approximate surface area is 617 Å². The summed E-state index contributed by atoms with van der Waals surface area (Å²) in [5.41, 5.74) is 0. The molecule has 9 N–H and O–H groups in total. The van der Waals surface area contributed by atoms with E-state index < -0.39 is 37.6 Å². The molecule has 0 amide bonds. The lowest BCUT2D eigenvalue weighted by Crippen LogP contribution is -2.46. The molecular weight excluding hydrogens is 1190 g/mol. The zero-order valence-electron chi connectivity index (χ0n) is 75.2. The van der Waals surface area contributed by atoms with Gasteiger partial charge in [-0.05, 0) is 166 Å². The van der Waals surface area contributed by atoms with Crippen molar-refractivity contribution in [1.82, 2.24) is 6.15 Å². The summed E-state index contributed by atoms with van der Waals surface area (Å²) in [5, 5.41) is 52.2. The van der Waals surface area contributed by atoms with Crippen LogP contribution in [0.3, 0.4) is 0 Å². The molecule has 0 aliphatic carbocycles. The maximum atomic E-state index is 8.96. The standard InChI is InChI=1S/7C12H26.C6H14O6.H3N/c7*1-7-9(3)11(5)12(6)10(4)8-2;7-1-3(9)5(11)6(12)4(10)2-8;/h7*9-12H,7-8H2,1-6H3;3-12H,1-2H2;1H3. The minimum Gasteiger partial charge on any atom is -0.394 e. The van der Waals surface area contributed by atoms with Crippen LogP contribution in [0.4, 0.5) is 0 Å². The molecule has 0 rings (SSSR count). The summed E-state index contributed by atoms with van der Waals surface area (Å²) in [6, 6.07) is 0. The molecule has 0 aliphatic heterocycles. The van der Waals surface area contributed by atoms with E-state index in [1.54, 1.807) is 0 Å². The van der Waals surface area contributed by atoms with E-state index in [4.69, 9.17) is 30.6 Å². The third-order valence-electron chi connectivity index (χ3n) is 28.9. The van der Waals surface area contributed by atoms with Gasteiger partial charge in [0.05, 0.1) is 13.2 Å². The first kappa shape index (κ1) is 115. The summed E-state index contributed by atoms with van der Waals surface area (Å²) in [7, 11) is 0. The molecule has 0 aliphatic rings. The van der Waals surface area contributed by atoms with E-state index in [9.17, 15) is 0 Å². The maximum Gasteiger partial charge on any atom is 0.111 e. The van der Waals surface area contributed by atoms with Crippen LogP contribution in [0.2, 0.25) is 0 Å². The summed E-state index contributed by atoms with van der Waals surface area (Å²) in [6.45, 7) is 97.7. The Balaban J connectivity index is -0.000000130.